The second-order valence-electron chi connectivity index (χ2n) is 5.04. The number of rotatable bonds is 4. The Labute approximate surface area is 107 Å². The molecule has 1 heterocycles. The molecule has 0 aliphatic rings. The maximum Gasteiger partial charge on any atom is 0.322 e. The molecule has 6 heteroatoms. The first-order valence-corrected chi connectivity index (χ1v) is 5.95. The number of aromatic nitrogens is 3. The Balaban J connectivity index is 2.89. The van der Waals surface area contributed by atoms with Crippen LogP contribution >= 0.6 is 11.6 Å². The summed E-state index contributed by atoms with van der Waals surface area (Å²) in [4.78, 5) is 14.1. The van der Waals surface area contributed by atoms with E-state index in [-0.39, 0.29) is 16.7 Å². The second kappa shape index (κ2) is 5.49. The first-order valence-electron chi connectivity index (χ1n) is 5.57. The van der Waals surface area contributed by atoms with Crippen LogP contribution in [-0.4, -0.2) is 35.2 Å². The van der Waals surface area contributed by atoms with Gasteiger partial charge in [0.15, 0.2) is 0 Å². The van der Waals surface area contributed by atoms with Crippen molar-refractivity contribution in [1.29, 1.82) is 0 Å². The van der Waals surface area contributed by atoms with Gasteiger partial charge in [0.2, 0.25) is 11.2 Å². The maximum absolute atomic E-state index is 5.83. The van der Waals surface area contributed by atoms with Crippen molar-refractivity contribution in [3.05, 3.63) is 5.28 Å². The molecule has 1 rings (SSSR count). The fraction of sp³-hybridized carbons (Fsp3) is 0.727. The highest BCUT2D eigenvalue weighted by Gasteiger charge is 2.17. The highest BCUT2D eigenvalue weighted by Crippen LogP contribution is 2.19. The van der Waals surface area contributed by atoms with Crippen LogP contribution in [0.1, 0.15) is 27.7 Å². The molecule has 0 aliphatic carbocycles. The lowest BCUT2D eigenvalue weighted by atomic mass is 9.96. The average molecular weight is 259 g/mol. The Kier molecular flexibility index (Phi) is 4.51. The van der Waals surface area contributed by atoms with E-state index >= 15 is 0 Å². The van der Waals surface area contributed by atoms with Gasteiger partial charge in [-0.25, -0.2) is 0 Å². The molecule has 1 aromatic heterocycles. The van der Waals surface area contributed by atoms with Gasteiger partial charge in [-0.15, -0.1) is 0 Å². The van der Waals surface area contributed by atoms with Gasteiger partial charge < -0.3 is 9.64 Å². The minimum Gasteiger partial charge on any atom is -0.464 e. The van der Waals surface area contributed by atoms with Crippen LogP contribution in [0.2, 0.25) is 5.28 Å². The van der Waals surface area contributed by atoms with Crippen LogP contribution in [0.4, 0.5) is 5.95 Å². The molecule has 0 N–H and O–H groups in total. The third-order valence-corrected chi connectivity index (χ3v) is 2.07. The molecule has 17 heavy (non-hydrogen) atoms. The van der Waals surface area contributed by atoms with Crippen LogP contribution in [-0.2, 0) is 0 Å². The number of hydrogen-bond acceptors (Lipinski definition) is 5. The number of ether oxygens (including phenoxy) is 1. The van der Waals surface area contributed by atoms with Crippen LogP contribution in [0.25, 0.3) is 0 Å². The lowest BCUT2D eigenvalue weighted by Gasteiger charge is -2.26. The summed E-state index contributed by atoms with van der Waals surface area (Å²) < 4.78 is 5.23. The third kappa shape index (κ3) is 4.73. The lowest BCUT2D eigenvalue weighted by molar-refractivity contribution is 0.311. The van der Waals surface area contributed by atoms with Crippen molar-refractivity contribution in [2.24, 2.45) is 5.41 Å². The third-order valence-electron chi connectivity index (χ3n) is 1.90. The molecule has 1 aromatic rings. The molecule has 5 nitrogen and oxygen atoms in total. The van der Waals surface area contributed by atoms with Crippen molar-refractivity contribution in [2.75, 3.05) is 25.1 Å². The Morgan fingerprint density at radius 1 is 1.24 bits per heavy atom. The summed E-state index contributed by atoms with van der Waals surface area (Å²) in [7, 11) is 1.92. The smallest absolute Gasteiger partial charge is 0.322 e. The Morgan fingerprint density at radius 2 is 1.88 bits per heavy atom. The number of halogens is 1. The van der Waals surface area contributed by atoms with Gasteiger partial charge >= 0.3 is 6.01 Å². The molecule has 0 amide bonds. The summed E-state index contributed by atoms with van der Waals surface area (Å²) in [5, 5.41) is 0.152. The Hall–Kier alpha value is -1.10. The van der Waals surface area contributed by atoms with E-state index < -0.39 is 0 Å². The molecule has 0 saturated carbocycles. The van der Waals surface area contributed by atoms with E-state index in [2.05, 4.69) is 35.7 Å². The second-order valence-corrected chi connectivity index (χ2v) is 5.37. The summed E-state index contributed by atoms with van der Waals surface area (Å²) in [5.74, 6) is 0.531. The van der Waals surface area contributed by atoms with Gasteiger partial charge in [0.25, 0.3) is 0 Å². The molecule has 0 spiro atoms. The van der Waals surface area contributed by atoms with Crippen molar-refractivity contribution in [3.8, 4) is 6.01 Å². The monoisotopic (exact) mass is 258 g/mol. The molecule has 0 unspecified atom stereocenters. The largest absolute Gasteiger partial charge is 0.464 e. The first kappa shape index (κ1) is 14.0. The summed E-state index contributed by atoms with van der Waals surface area (Å²) in [6, 6.07) is 0.267. The topological polar surface area (TPSA) is 51.1 Å². The summed E-state index contributed by atoms with van der Waals surface area (Å²) >= 11 is 5.83. The van der Waals surface area contributed by atoms with E-state index in [1.807, 2.05) is 18.9 Å². The summed E-state index contributed by atoms with van der Waals surface area (Å²) in [6.45, 7) is 9.64. The van der Waals surface area contributed by atoms with Crippen molar-refractivity contribution < 1.29 is 4.74 Å². The predicted molar refractivity (Wildman–Crippen MR) is 68.7 cm³/mol. The summed E-state index contributed by atoms with van der Waals surface area (Å²) in [6.07, 6.45) is 0. The highest BCUT2D eigenvalue weighted by molar-refractivity contribution is 6.28. The van der Waals surface area contributed by atoms with Crippen LogP contribution in [0.3, 0.4) is 0 Å². The molecule has 96 valence electrons. The molecule has 0 aromatic carbocycles. The Bertz CT molecular complexity index is 378. The summed E-state index contributed by atoms with van der Waals surface area (Å²) in [5.41, 5.74) is 0.152. The van der Waals surface area contributed by atoms with Gasteiger partial charge in [-0.1, -0.05) is 20.8 Å². The zero-order valence-corrected chi connectivity index (χ0v) is 11.7. The Morgan fingerprint density at radius 3 is 2.41 bits per heavy atom. The molecule has 0 radical (unpaired) electrons. The molecule has 0 bridgehead atoms. The van der Waals surface area contributed by atoms with Crippen molar-refractivity contribution >= 4 is 17.5 Å². The van der Waals surface area contributed by atoms with E-state index in [0.717, 1.165) is 6.54 Å². The fourth-order valence-corrected chi connectivity index (χ4v) is 1.62. The van der Waals surface area contributed by atoms with E-state index in [9.17, 15) is 0 Å². The fourth-order valence-electron chi connectivity index (χ4n) is 1.47. The predicted octanol–water partition coefficient (Wildman–Crippen LogP) is 2.41. The van der Waals surface area contributed by atoms with Gasteiger partial charge in [0, 0.05) is 13.6 Å². The van der Waals surface area contributed by atoms with Crippen molar-refractivity contribution in [1.82, 2.24) is 15.0 Å². The maximum atomic E-state index is 5.83. The van der Waals surface area contributed by atoms with E-state index in [1.165, 1.54) is 0 Å². The van der Waals surface area contributed by atoms with E-state index in [0.29, 0.717) is 12.6 Å². The van der Waals surface area contributed by atoms with Gasteiger partial charge in [-0.2, -0.15) is 15.0 Å². The van der Waals surface area contributed by atoms with Gasteiger partial charge in [0.05, 0.1) is 6.61 Å². The molecular weight excluding hydrogens is 240 g/mol. The van der Waals surface area contributed by atoms with Crippen molar-refractivity contribution in [3.63, 3.8) is 0 Å². The molecule has 0 aliphatic heterocycles. The number of hydrogen-bond donors (Lipinski definition) is 0. The van der Waals surface area contributed by atoms with Crippen molar-refractivity contribution in [2.45, 2.75) is 27.7 Å². The molecule has 0 atom stereocenters. The van der Waals surface area contributed by atoms with Crippen LogP contribution in [0.5, 0.6) is 6.01 Å². The zero-order valence-electron chi connectivity index (χ0n) is 11.0. The van der Waals surface area contributed by atoms with Gasteiger partial charge in [-0.3, -0.25) is 0 Å². The zero-order chi connectivity index (χ0) is 13.1. The lowest BCUT2D eigenvalue weighted by Crippen LogP contribution is -2.30. The van der Waals surface area contributed by atoms with Crippen LogP contribution < -0.4 is 9.64 Å². The molecule has 0 fully saturated rings. The minimum absolute atomic E-state index is 0.152. The SMILES string of the molecule is CCOc1nc(Cl)nc(N(C)CC(C)(C)C)n1. The first-order chi connectivity index (χ1) is 7.81. The normalized spacial score (nSPS) is 11.4. The van der Waals surface area contributed by atoms with E-state index in [1.54, 1.807) is 0 Å². The number of nitrogens with zero attached hydrogens (tertiary/aromatic N) is 4. The highest BCUT2D eigenvalue weighted by atomic mass is 35.5. The standard InChI is InChI=1S/C11H19ClN4O/c1-6-17-10-14-8(12)13-9(15-10)16(5)7-11(2,3)4/h6-7H2,1-5H3. The quantitative estimate of drug-likeness (QED) is 0.830. The van der Waals surface area contributed by atoms with E-state index in [4.69, 9.17) is 16.3 Å². The minimum atomic E-state index is 0.152. The van der Waals surface area contributed by atoms with Gasteiger partial charge in [0.1, 0.15) is 0 Å². The number of anilines is 1. The molecule has 0 saturated heterocycles. The van der Waals surface area contributed by atoms with Gasteiger partial charge in [-0.05, 0) is 23.9 Å². The van der Waals surface area contributed by atoms with Crippen LogP contribution in [0, 0.1) is 5.41 Å². The average Bonchev–Trinajstić information content (AvgIpc) is 2.14. The molecular formula is C11H19ClN4O. The van der Waals surface area contributed by atoms with Crippen LogP contribution in [0.15, 0.2) is 0 Å².